The van der Waals surface area contributed by atoms with E-state index in [1.165, 1.54) is 24.3 Å². The first-order valence-electron chi connectivity index (χ1n) is 7.24. The predicted octanol–water partition coefficient (Wildman–Crippen LogP) is 0.444. The molecular weight excluding hydrogens is 382 g/mol. The van der Waals surface area contributed by atoms with Crippen molar-refractivity contribution >= 4 is 50.8 Å². The summed E-state index contributed by atoms with van der Waals surface area (Å²) in [4.78, 5) is 33.5. The maximum Gasteiger partial charge on any atom is 0.330 e. The molecule has 0 aliphatic heterocycles. The number of benzene rings is 1. The van der Waals surface area contributed by atoms with E-state index in [1.54, 1.807) is 6.92 Å². The van der Waals surface area contributed by atoms with E-state index < -0.39 is 27.8 Å². The van der Waals surface area contributed by atoms with Gasteiger partial charge in [-0.05, 0) is 43.4 Å². The van der Waals surface area contributed by atoms with Crippen LogP contribution in [0.1, 0.15) is 13.8 Å². The van der Waals surface area contributed by atoms with Crippen LogP contribution in [0.15, 0.2) is 41.3 Å². The van der Waals surface area contributed by atoms with Crippen LogP contribution in [0.5, 0.6) is 0 Å². The van der Waals surface area contributed by atoms with Crippen molar-refractivity contribution in [2.24, 2.45) is 0 Å². The molecule has 0 aliphatic carbocycles. The van der Waals surface area contributed by atoms with Crippen molar-refractivity contribution in [2.45, 2.75) is 18.7 Å². The van der Waals surface area contributed by atoms with Gasteiger partial charge in [-0.25, -0.2) is 17.9 Å². The highest BCUT2D eigenvalue weighted by Gasteiger charge is 2.15. The van der Waals surface area contributed by atoms with E-state index in [2.05, 4.69) is 15.4 Å². The molecule has 0 saturated carbocycles. The summed E-state index contributed by atoms with van der Waals surface area (Å²) in [6.07, 6.45) is 1.93. The lowest BCUT2D eigenvalue weighted by atomic mass is 10.3. The van der Waals surface area contributed by atoms with Gasteiger partial charge in [0, 0.05) is 24.8 Å². The normalized spacial score (nSPS) is 10.8. The lowest BCUT2D eigenvalue weighted by molar-refractivity contribution is -0.137. The standard InChI is InChI=1S/C15H17N3O6S2/c1-3-24-14(21)9-8-13(20)17-15(25)16-11-4-6-12(7-5-11)26(22,23)18-10(2)19/h4-9H,3H2,1-2H3,(H,18,19)(H2,16,17,20,25). The van der Waals surface area contributed by atoms with Gasteiger partial charge in [-0.1, -0.05) is 0 Å². The van der Waals surface area contributed by atoms with Crippen molar-refractivity contribution in [3.63, 3.8) is 0 Å². The van der Waals surface area contributed by atoms with Crippen molar-refractivity contribution in [1.29, 1.82) is 0 Å². The number of thiocarbonyl (C=S) groups is 1. The molecule has 9 nitrogen and oxygen atoms in total. The van der Waals surface area contributed by atoms with Gasteiger partial charge in [-0.2, -0.15) is 0 Å². The molecule has 0 fully saturated rings. The zero-order chi connectivity index (χ0) is 19.7. The third-order valence-corrected chi connectivity index (χ3v) is 4.25. The minimum absolute atomic E-state index is 0.0547. The summed E-state index contributed by atoms with van der Waals surface area (Å²) in [6, 6.07) is 5.33. The van der Waals surface area contributed by atoms with Gasteiger partial charge >= 0.3 is 5.97 Å². The third kappa shape index (κ3) is 7.40. The van der Waals surface area contributed by atoms with Crippen LogP contribution < -0.4 is 15.4 Å². The lowest BCUT2D eigenvalue weighted by Gasteiger charge is -2.09. The predicted molar refractivity (Wildman–Crippen MR) is 97.6 cm³/mol. The Hall–Kier alpha value is -2.79. The number of ether oxygens (including phenoxy) is 1. The molecule has 0 bridgehead atoms. The van der Waals surface area contributed by atoms with Crippen molar-refractivity contribution in [3.05, 3.63) is 36.4 Å². The molecule has 0 saturated heterocycles. The summed E-state index contributed by atoms with van der Waals surface area (Å²) in [5, 5.41) is 4.93. The van der Waals surface area contributed by atoms with Crippen LogP contribution in [0.2, 0.25) is 0 Å². The summed E-state index contributed by atoms with van der Waals surface area (Å²) in [5.41, 5.74) is 0.409. The molecule has 0 aliphatic rings. The van der Waals surface area contributed by atoms with Crippen molar-refractivity contribution in [1.82, 2.24) is 10.0 Å². The minimum Gasteiger partial charge on any atom is -0.463 e. The van der Waals surface area contributed by atoms with E-state index in [9.17, 15) is 22.8 Å². The minimum atomic E-state index is -3.93. The number of amides is 2. The Morgan fingerprint density at radius 3 is 2.31 bits per heavy atom. The Balaban J connectivity index is 2.64. The van der Waals surface area contributed by atoms with Crippen LogP contribution in [0, 0.1) is 0 Å². The smallest absolute Gasteiger partial charge is 0.330 e. The highest BCUT2D eigenvalue weighted by Crippen LogP contribution is 2.13. The summed E-state index contributed by atoms with van der Waals surface area (Å²) in [7, 11) is -3.93. The van der Waals surface area contributed by atoms with Gasteiger partial charge < -0.3 is 10.1 Å². The average molecular weight is 399 g/mol. The Kier molecular flexibility index (Phi) is 7.87. The second-order valence-electron chi connectivity index (χ2n) is 4.71. The van der Waals surface area contributed by atoms with Gasteiger partial charge in [0.2, 0.25) is 11.8 Å². The molecule has 0 spiro atoms. The van der Waals surface area contributed by atoms with Gasteiger partial charge in [-0.15, -0.1) is 0 Å². The molecule has 0 aromatic heterocycles. The number of carbonyl (C=O) groups is 3. The van der Waals surface area contributed by atoms with Gasteiger partial charge in [-0.3, -0.25) is 14.9 Å². The number of carbonyl (C=O) groups excluding carboxylic acids is 3. The highest BCUT2D eigenvalue weighted by atomic mass is 32.2. The molecule has 1 rings (SSSR count). The van der Waals surface area contributed by atoms with Crippen LogP contribution in [-0.4, -0.2) is 37.9 Å². The van der Waals surface area contributed by atoms with E-state index >= 15 is 0 Å². The molecule has 26 heavy (non-hydrogen) atoms. The third-order valence-electron chi connectivity index (χ3n) is 2.59. The Bertz CT molecular complexity index is 831. The quantitative estimate of drug-likeness (QED) is 0.357. The molecule has 3 N–H and O–H groups in total. The number of hydrogen-bond donors (Lipinski definition) is 3. The number of sulfonamides is 1. The largest absolute Gasteiger partial charge is 0.463 e. The van der Waals surface area contributed by atoms with E-state index in [-0.39, 0.29) is 16.6 Å². The summed E-state index contributed by atoms with van der Waals surface area (Å²) in [5.74, 6) is -2.00. The van der Waals surface area contributed by atoms with Crippen LogP contribution >= 0.6 is 12.2 Å². The van der Waals surface area contributed by atoms with E-state index in [0.29, 0.717) is 5.69 Å². The Morgan fingerprint density at radius 1 is 1.15 bits per heavy atom. The maximum atomic E-state index is 11.8. The molecule has 0 atom stereocenters. The monoisotopic (exact) mass is 399 g/mol. The maximum absolute atomic E-state index is 11.8. The van der Waals surface area contributed by atoms with Crippen molar-refractivity contribution in [2.75, 3.05) is 11.9 Å². The van der Waals surface area contributed by atoms with Gasteiger partial charge in [0.05, 0.1) is 11.5 Å². The molecule has 0 heterocycles. The molecule has 11 heteroatoms. The van der Waals surface area contributed by atoms with Crippen molar-refractivity contribution < 1.29 is 27.5 Å². The van der Waals surface area contributed by atoms with Gasteiger partial charge in [0.1, 0.15) is 0 Å². The fourth-order valence-corrected chi connectivity index (χ4v) is 2.82. The Morgan fingerprint density at radius 2 is 1.77 bits per heavy atom. The van der Waals surface area contributed by atoms with E-state index in [0.717, 1.165) is 19.1 Å². The second-order valence-corrected chi connectivity index (χ2v) is 6.81. The SMILES string of the molecule is CCOC(=O)C=CC(=O)NC(=S)Nc1ccc(S(=O)(=O)NC(C)=O)cc1. The molecule has 1 aromatic rings. The fourth-order valence-electron chi connectivity index (χ4n) is 1.62. The first kappa shape index (κ1) is 21.3. The zero-order valence-corrected chi connectivity index (χ0v) is 15.6. The van der Waals surface area contributed by atoms with Crippen LogP contribution in [0.3, 0.4) is 0 Å². The lowest BCUT2D eigenvalue weighted by Crippen LogP contribution is -2.33. The first-order chi connectivity index (χ1) is 12.1. The highest BCUT2D eigenvalue weighted by molar-refractivity contribution is 7.90. The Labute approximate surface area is 155 Å². The number of nitrogens with one attached hydrogen (secondary N) is 3. The molecule has 2 amide bonds. The van der Waals surface area contributed by atoms with Crippen molar-refractivity contribution in [3.8, 4) is 0 Å². The van der Waals surface area contributed by atoms with Gasteiger partial charge in [0.15, 0.2) is 5.11 Å². The topological polar surface area (TPSA) is 131 Å². The first-order valence-corrected chi connectivity index (χ1v) is 9.13. The molecular formula is C15H17N3O6S2. The van der Waals surface area contributed by atoms with E-state index in [4.69, 9.17) is 12.2 Å². The summed E-state index contributed by atoms with van der Waals surface area (Å²) in [6.45, 7) is 2.92. The van der Waals surface area contributed by atoms with Gasteiger partial charge in [0.25, 0.3) is 10.0 Å². The fraction of sp³-hybridized carbons (Fsp3) is 0.200. The average Bonchev–Trinajstić information content (AvgIpc) is 2.52. The number of rotatable bonds is 6. The molecule has 0 unspecified atom stereocenters. The summed E-state index contributed by atoms with van der Waals surface area (Å²) >= 11 is 4.94. The van der Waals surface area contributed by atoms with Crippen LogP contribution in [0.4, 0.5) is 5.69 Å². The van der Waals surface area contributed by atoms with Crippen LogP contribution in [-0.2, 0) is 29.1 Å². The summed E-state index contributed by atoms with van der Waals surface area (Å²) < 4.78 is 30.1. The molecule has 140 valence electrons. The zero-order valence-electron chi connectivity index (χ0n) is 13.9. The number of anilines is 1. The number of hydrogen-bond acceptors (Lipinski definition) is 7. The molecule has 0 radical (unpaired) electrons. The van der Waals surface area contributed by atoms with E-state index in [1.807, 2.05) is 4.72 Å². The molecule has 1 aromatic carbocycles. The van der Waals surface area contributed by atoms with Crippen LogP contribution in [0.25, 0.3) is 0 Å². The second kappa shape index (κ2) is 9.63. The number of esters is 1.